The van der Waals surface area contributed by atoms with E-state index in [2.05, 4.69) is 0 Å². The van der Waals surface area contributed by atoms with E-state index in [-0.39, 0.29) is 22.3 Å². The number of amides is 2. The van der Waals surface area contributed by atoms with Crippen LogP contribution in [0.3, 0.4) is 0 Å². The average Bonchev–Trinajstić information content (AvgIpc) is 3.03. The van der Waals surface area contributed by atoms with Crippen molar-refractivity contribution in [3.05, 3.63) is 137 Å². The summed E-state index contributed by atoms with van der Waals surface area (Å²) >= 11 is 12.4. The fourth-order valence-electron chi connectivity index (χ4n) is 5.04. The summed E-state index contributed by atoms with van der Waals surface area (Å²) in [4.78, 5) is 30.4. The van der Waals surface area contributed by atoms with Crippen LogP contribution < -0.4 is 19.3 Å². The first-order valence-electron chi connectivity index (χ1n) is 13.5. The van der Waals surface area contributed by atoms with Crippen molar-refractivity contribution in [1.82, 2.24) is 0 Å². The molecule has 1 saturated heterocycles. The number of hydrogen-bond acceptors (Lipinski definition) is 5. The highest BCUT2D eigenvalue weighted by molar-refractivity contribution is 7.81. The Labute approximate surface area is 259 Å². The third-order valence-corrected chi connectivity index (χ3v) is 7.74. The van der Waals surface area contributed by atoms with Crippen LogP contribution in [-0.4, -0.2) is 24.0 Å². The Morgan fingerprint density at radius 1 is 0.767 bits per heavy atom. The summed E-state index contributed by atoms with van der Waals surface area (Å²) in [6.45, 7) is 0.268. The molecule has 1 aliphatic rings. The second kappa shape index (κ2) is 12.1. The molecule has 1 fully saturated rings. The zero-order valence-electron chi connectivity index (χ0n) is 23.1. The fourth-order valence-corrected chi connectivity index (χ4v) is 5.69. The second-order valence-corrected chi connectivity index (χ2v) is 10.5. The number of para-hydroxylation sites is 2. The van der Waals surface area contributed by atoms with Crippen molar-refractivity contribution in [3.8, 4) is 11.5 Å². The average molecular weight is 605 g/mol. The predicted molar refractivity (Wildman–Crippen MR) is 175 cm³/mol. The van der Waals surface area contributed by atoms with E-state index in [4.69, 9.17) is 33.3 Å². The largest absolute Gasteiger partial charge is 0.493 e. The topological polar surface area (TPSA) is 59.1 Å². The van der Waals surface area contributed by atoms with E-state index in [0.29, 0.717) is 28.4 Å². The first-order valence-corrected chi connectivity index (χ1v) is 14.3. The standard InChI is InChI=1S/C35H25ClN2O4S/c1-41-31-21-23(20-30(36)32(31)42-22-25-13-10-12-24-11-8-9-18-28(24)25)19-29-33(39)37(26-14-4-2-5-15-26)35(43)38(34(29)40)27-16-6-3-7-17-27/h2-21H,22H2,1H3. The molecule has 0 saturated carbocycles. The maximum Gasteiger partial charge on any atom is 0.270 e. The molecule has 6 rings (SSSR count). The molecule has 6 nitrogen and oxygen atoms in total. The van der Waals surface area contributed by atoms with Gasteiger partial charge >= 0.3 is 0 Å². The molecule has 5 aromatic carbocycles. The smallest absolute Gasteiger partial charge is 0.270 e. The Balaban J connectivity index is 1.37. The number of carbonyl (C=O) groups excluding carboxylic acids is 2. The Kier molecular flexibility index (Phi) is 7.92. The normalized spacial score (nSPS) is 13.4. The van der Waals surface area contributed by atoms with Crippen molar-refractivity contribution in [2.75, 3.05) is 16.9 Å². The highest BCUT2D eigenvalue weighted by atomic mass is 35.5. The number of fused-ring (bicyclic) bond motifs is 1. The molecule has 0 spiro atoms. The minimum atomic E-state index is -0.542. The van der Waals surface area contributed by atoms with Crippen LogP contribution in [0.25, 0.3) is 16.8 Å². The molecule has 8 heteroatoms. The minimum Gasteiger partial charge on any atom is -0.493 e. The van der Waals surface area contributed by atoms with Crippen molar-refractivity contribution in [2.24, 2.45) is 0 Å². The lowest BCUT2D eigenvalue weighted by Gasteiger charge is -2.36. The third-order valence-electron chi connectivity index (χ3n) is 7.09. The molecule has 0 N–H and O–H groups in total. The molecular formula is C35H25ClN2O4S. The lowest BCUT2D eigenvalue weighted by atomic mass is 10.0. The molecule has 1 aliphatic heterocycles. The predicted octanol–water partition coefficient (Wildman–Crippen LogP) is 7.83. The van der Waals surface area contributed by atoms with Crippen LogP contribution >= 0.6 is 23.8 Å². The quantitative estimate of drug-likeness (QED) is 0.108. The summed E-state index contributed by atoms with van der Waals surface area (Å²) in [6.07, 6.45) is 1.50. The zero-order valence-corrected chi connectivity index (χ0v) is 24.6. The van der Waals surface area contributed by atoms with Crippen LogP contribution in [0.15, 0.2) is 121 Å². The summed E-state index contributed by atoms with van der Waals surface area (Å²) in [6, 6.07) is 35.4. The molecule has 43 heavy (non-hydrogen) atoms. The molecule has 212 valence electrons. The molecule has 0 atom stereocenters. The maximum absolute atomic E-state index is 13.8. The number of hydrogen-bond donors (Lipinski definition) is 0. The Morgan fingerprint density at radius 3 is 1.98 bits per heavy atom. The van der Waals surface area contributed by atoms with E-state index in [0.717, 1.165) is 16.3 Å². The molecule has 0 bridgehead atoms. The summed E-state index contributed by atoms with van der Waals surface area (Å²) < 4.78 is 11.8. The van der Waals surface area contributed by atoms with Crippen LogP contribution in [0.2, 0.25) is 5.02 Å². The van der Waals surface area contributed by atoms with Crippen LogP contribution in [0, 0.1) is 0 Å². The number of rotatable bonds is 7. The Morgan fingerprint density at radius 2 is 1.35 bits per heavy atom. The van der Waals surface area contributed by atoms with E-state index in [9.17, 15) is 9.59 Å². The minimum absolute atomic E-state index is 0.0670. The molecule has 0 radical (unpaired) electrons. The van der Waals surface area contributed by atoms with Gasteiger partial charge in [-0.15, -0.1) is 0 Å². The highest BCUT2D eigenvalue weighted by Gasteiger charge is 2.41. The van der Waals surface area contributed by atoms with Crippen LogP contribution in [0.1, 0.15) is 11.1 Å². The van der Waals surface area contributed by atoms with Gasteiger partial charge < -0.3 is 9.47 Å². The number of thiocarbonyl (C=S) groups is 1. The summed E-state index contributed by atoms with van der Waals surface area (Å²) in [5.74, 6) is -0.358. The highest BCUT2D eigenvalue weighted by Crippen LogP contribution is 2.39. The fraction of sp³-hybridized carbons (Fsp3) is 0.0571. The SMILES string of the molecule is COc1cc(C=C2C(=O)N(c3ccccc3)C(=S)N(c3ccccc3)C2=O)cc(Cl)c1OCc1cccc2ccccc12. The first-order chi connectivity index (χ1) is 21.0. The second-order valence-electron chi connectivity index (χ2n) is 9.75. The molecule has 2 amide bonds. The molecular weight excluding hydrogens is 580 g/mol. The van der Waals surface area contributed by atoms with Gasteiger partial charge in [0.1, 0.15) is 12.2 Å². The van der Waals surface area contributed by atoms with Gasteiger partial charge in [0, 0.05) is 0 Å². The van der Waals surface area contributed by atoms with E-state index in [1.54, 1.807) is 60.7 Å². The van der Waals surface area contributed by atoms with Crippen molar-refractivity contribution in [3.63, 3.8) is 0 Å². The van der Waals surface area contributed by atoms with Gasteiger partial charge in [0.15, 0.2) is 16.6 Å². The third kappa shape index (κ3) is 5.48. The van der Waals surface area contributed by atoms with Crippen LogP contribution in [0.4, 0.5) is 11.4 Å². The van der Waals surface area contributed by atoms with E-state index in [1.165, 1.54) is 23.0 Å². The summed E-state index contributed by atoms with van der Waals surface area (Å²) in [5, 5.41) is 2.54. The number of halogens is 1. The van der Waals surface area contributed by atoms with E-state index in [1.807, 2.05) is 54.6 Å². The van der Waals surface area contributed by atoms with Gasteiger partial charge in [-0.2, -0.15) is 0 Å². The number of ether oxygens (including phenoxy) is 2. The van der Waals surface area contributed by atoms with Crippen LogP contribution in [0.5, 0.6) is 11.5 Å². The number of nitrogens with zero attached hydrogens (tertiary/aromatic N) is 2. The van der Waals surface area contributed by atoms with Crippen molar-refractivity contribution in [1.29, 1.82) is 0 Å². The lowest BCUT2D eigenvalue weighted by Crippen LogP contribution is -2.56. The number of carbonyl (C=O) groups is 2. The lowest BCUT2D eigenvalue weighted by molar-refractivity contribution is -0.120. The van der Waals surface area contributed by atoms with Gasteiger partial charge in [-0.1, -0.05) is 90.5 Å². The number of methoxy groups -OCH3 is 1. The van der Waals surface area contributed by atoms with Crippen molar-refractivity contribution >= 4 is 69.0 Å². The van der Waals surface area contributed by atoms with Gasteiger partial charge in [0.05, 0.1) is 23.5 Å². The number of anilines is 2. The van der Waals surface area contributed by atoms with Gasteiger partial charge in [-0.25, -0.2) is 0 Å². The number of benzene rings is 5. The molecule has 0 aromatic heterocycles. The van der Waals surface area contributed by atoms with E-state index >= 15 is 0 Å². The first kappa shape index (κ1) is 28.2. The Hall–Kier alpha value is -4.98. The maximum atomic E-state index is 13.8. The van der Waals surface area contributed by atoms with Gasteiger partial charge in [-0.05, 0) is 76.6 Å². The molecule has 0 aliphatic carbocycles. The molecule has 0 unspecified atom stereocenters. The Bertz CT molecular complexity index is 1820. The summed E-state index contributed by atoms with van der Waals surface area (Å²) in [5.41, 5.74) is 2.50. The van der Waals surface area contributed by atoms with Crippen LogP contribution in [-0.2, 0) is 16.2 Å². The van der Waals surface area contributed by atoms with Gasteiger partial charge in [0.25, 0.3) is 11.8 Å². The van der Waals surface area contributed by atoms with Gasteiger partial charge in [0.2, 0.25) is 0 Å². The molecule has 5 aromatic rings. The zero-order chi connectivity index (χ0) is 29.9. The van der Waals surface area contributed by atoms with Gasteiger partial charge in [-0.3, -0.25) is 19.4 Å². The summed E-state index contributed by atoms with van der Waals surface area (Å²) in [7, 11) is 1.51. The molecule has 1 heterocycles. The monoisotopic (exact) mass is 604 g/mol. The van der Waals surface area contributed by atoms with E-state index < -0.39 is 11.8 Å². The van der Waals surface area contributed by atoms with Crippen molar-refractivity contribution < 1.29 is 19.1 Å². The van der Waals surface area contributed by atoms with Crippen molar-refractivity contribution in [2.45, 2.75) is 6.61 Å².